The molecule has 4 rings (SSSR count). The number of aliphatic hydroxyl groups is 1. The first-order valence-corrected chi connectivity index (χ1v) is 12.0. The Hall–Kier alpha value is -2.81. The molecular weight excluding hydrogens is 412 g/mol. The Bertz CT molecular complexity index is 975. The Labute approximate surface area is 197 Å². The molecule has 2 aromatic rings. The van der Waals surface area contributed by atoms with Gasteiger partial charge in [0, 0.05) is 49.5 Å². The number of amides is 1. The highest BCUT2D eigenvalue weighted by atomic mass is 16.5. The van der Waals surface area contributed by atoms with Crippen LogP contribution in [0, 0.1) is 23.7 Å². The smallest absolute Gasteiger partial charge is 0.253 e. The Morgan fingerprint density at radius 1 is 0.939 bits per heavy atom. The summed E-state index contributed by atoms with van der Waals surface area (Å²) in [6.07, 6.45) is 4.51. The first-order chi connectivity index (χ1) is 16.1. The van der Waals surface area contributed by atoms with E-state index in [0.29, 0.717) is 11.8 Å². The molecule has 5 nitrogen and oxygen atoms in total. The lowest BCUT2D eigenvalue weighted by atomic mass is 9.93. The average Bonchev–Trinajstić information content (AvgIpc) is 2.88. The lowest BCUT2D eigenvalue weighted by molar-refractivity contribution is 0.0587. The summed E-state index contributed by atoms with van der Waals surface area (Å²) in [5.74, 6) is 8.16. The molecule has 2 saturated heterocycles. The van der Waals surface area contributed by atoms with Gasteiger partial charge in [-0.25, -0.2) is 0 Å². The lowest BCUT2D eigenvalue weighted by Crippen LogP contribution is -2.46. The molecule has 5 heteroatoms. The number of hydrogen-bond acceptors (Lipinski definition) is 4. The SMILES string of the molecule is COc1ccc(C#Cc2ccc(C(=O)N3CCCC(CN4CCCC(CO)C4)C3)cc2)cc1. The van der Waals surface area contributed by atoms with Gasteiger partial charge >= 0.3 is 0 Å². The topological polar surface area (TPSA) is 53.0 Å². The Morgan fingerprint density at radius 3 is 2.24 bits per heavy atom. The fraction of sp³-hybridized carbons (Fsp3) is 0.464. The third kappa shape index (κ3) is 6.37. The summed E-state index contributed by atoms with van der Waals surface area (Å²) >= 11 is 0. The maximum atomic E-state index is 13.1. The molecule has 33 heavy (non-hydrogen) atoms. The zero-order valence-electron chi connectivity index (χ0n) is 19.5. The second-order valence-corrected chi connectivity index (χ2v) is 9.27. The van der Waals surface area contributed by atoms with Crippen molar-refractivity contribution in [2.24, 2.45) is 11.8 Å². The van der Waals surface area contributed by atoms with Gasteiger partial charge in [0.05, 0.1) is 7.11 Å². The first-order valence-electron chi connectivity index (χ1n) is 12.0. The van der Waals surface area contributed by atoms with Gasteiger partial charge in [-0.1, -0.05) is 11.8 Å². The second kappa shape index (κ2) is 11.4. The number of methoxy groups -OCH3 is 1. The van der Waals surface area contributed by atoms with Crippen LogP contribution in [0.15, 0.2) is 48.5 Å². The van der Waals surface area contributed by atoms with E-state index in [1.807, 2.05) is 53.4 Å². The molecule has 0 bridgehead atoms. The minimum Gasteiger partial charge on any atom is -0.497 e. The number of benzene rings is 2. The molecule has 2 fully saturated rings. The number of ether oxygens (including phenoxy) is 1. The van der Waals surface area contributed by atoms with Crippen LogP contribution < -0.4 is 4.74 Å². The Morgan fingerprint density at radius 2 is 1.58 bits per heavy atom. The zero-order chi connectivity index (χ0) is 23.0. The molecule has 2 atom stereocenters. The number of hydrogen-bond donors (Lipinski definition) is 1. The van der Waals surface area contributed by atoms with Crippen molar-refractivity contribution in [3.63, 3.8) is 0 Å². The highest BCUT2D eigenvalue weighted by Crippen LogP contribution is 2.23. The van der Waals surface area contributed by atoms with E-state index in [0.717, 1.165) is 74.4 Å². The molecule has 0 aromatic heterocycles. The summed E-state index contributed by atoms with van der Waals surface area (Å²) in [5, 5.41) is 9.49. The minimum atomic E-state index is 0.112. The molecule has 2 unspecified atom stereocenters. The van der Waals surface area contributed by atoms with Crippen molar-refractivity contribution < 1.29 is 14.6 Å². The van der Waals surface area contributed by atoms with Gasteiger partial charge in [0.25, 0.3) is 5.91 Å². The fourth-order valence-electron chi connectivity index (χ4n) is 4.93. The van der Waals surface area contributed by atoms with Crippen LogP contribution in [-0.4, -0.2) is 67.3 Å². The van der Waals surface area contributed by atoms with E-state index in [1.54, 1.807) is 7.11 Å². The quantitative estimate of drug-likeness (QED) is 0.713. The van der Waals surface area contributed by atoms with Crippen LogP contribution in [0.1, 0.15) is 47.2 Å². The van der Waals surface area contributed by atoms with E-state index >= 15 is 0 Å². The highest BCUT2D eigenvalue weighted by Gasteiger charge is 2.27. The molecule has 2 aliphatic heterocycles. The Balaban J connectivity index is 1.33. The molecule has 174 valence electrons. The molecule has 1 amide bonds. The van der Waals surface area contributed by atoms with Gasteiger partial charge in [0.1, 0.15) is 5.75 Å². The van der Waals surface area contributed by atoms with Gasteiger partial charge in [-0.15, -0.1) is 0 Å². The largest absolute Gasteiger partial charge is 0.497 e. The third-order valence-electron chi connectivity index (χ3n) is 6.76. The van der Waals surface area contributed by atoms with Gasteiger partial charge in [-0.2, -0.15) is 0 Å². The normalized spacial score (nSPS) is 21.2. The number of likely N-dealkylation sites (tertiary alicyclic amines) is 2. The van der Waals surface area contributed by atoms with Gasteiger partial charge < -0.3 is 19.6 Å². The predicted molar refractivity (Wildman–Crippen MR) is 130 cm³/mol. The monoisotopic (exact) mass is 446 g/mol. The standard InChI is InChI=1S/C28H34N2O3/c1-33-27-14-10-23(11-15-27)7-6-22-8-12-26(13-9-22)28(32)30-17-3-4-24(20-30)18-29-16-2-5-25(19-29)21-31/h8-15,24-25,31H,2-5,16-21H2,1H3. The van der Waals surface area contributed by atoms with E-state index < -0.39 is 0 Å². The van der Waals surface area contributed by atoms with Crippen molar-refractivity contribution in [2.45, 2.75) is 25.7 Å². The van der Waals surface area contributed by atoms with E-state index in [1.165, 1.54) is 6.42 Å². The maximum Gasteiger partial charge on any atom is 0.253 e. The molecule has 2 aliphatic rings. The molecule has 2 aromatic carbocycles. The van der Waals surface area contributed by atoms with Gasteiger partial charge in [-0.05, 0) is 92.6 Å². The summed E-state index contributed by atoms with van der Waals surface area (Å²) in [4.78, 5) is 17.6. The van der Waals surface area contributed by atoms with Crippen LogP contribution in [0.5, 0.6) is 5.75 Å². The molecule has 0 spiro atoms. The number of rotatable bonds is 5. The van der Waals surface area contributed by atoms with Gasteiger partial charge in [0.2, 0.25) is 0 Å². The van der Waals surface area contributed by atoms with Crippen LogP contribution in [-0.2, 0) is 0 Å². The van der Waals surface area contributed by atoms with E-state index in [4.69, 9.17) is 4.74 Å². The predicted octanol–water partition coefficient (Wildman–Crippen LogP) is 3.65. The van der Waals surface area contributed by atoms with Crippen molar-refractivity contribution in [1.29, 1.82) is 0 Å². The summed E-state index contributed by atoms with van der Waals surface area (Å²) in [6, 6.07) is 15.3. The van der Waals surface area contributed by atoms with Crippen molar-refractivity contribution in [2.75, 3.05) is 46.4 Å². The summed E-state index contributed by atoms with van der Waals surface area (Å²) in [5.41, 5.74) is 2.54. The molecular formula is C28H34N2O3. The molecule has 0 saturated carbocycles. The van der Waals surface area contributed by atoms with Crippen LogP contribution in [0.4, 0.5) is 0 Å². The van der Waals surface area contributed by atoms with E-state index in [2.05, 4.69) is 16.7 Å². The lowest BCUT2D eigenvalue weighted by Gasteiger charge is -2.38. The number of nitrogens with zero attached hydrogens (tertiary/aromatic N) is 2. The van der Waals surface area contributed by atoms with Crippen molar-refractivity contribution in [3.8, 4) is 17.6 Å². The molecule has 1 N–H and O–H groups in total. The summed E-state index contributed by atoms with van der Waals surface area (Å²) < 4.78 is 5.18. The number of carbonyl (C=O) groups is 1. The van der Waals surface area contributed by atoms with Gasteiger partial charge in [-0.3, -0.25) is 4.79 Å². The second-order valence-electron chi connectivity index (χ2n) is 9.27. The fourth-order valence-corrected chi connectivity index (χ4v) is 4.93. The molecule has 2 heterocycles. The summed E-state index contributed by atoms with van der Waals surface area (Å²) in [7, 11) is 1.65. The van der Waals surface area contributed by atoms with Crippen LogP contribution in [0.25, 0.3) is 0 Å². The summed E-state index contributed by atoms with van der Waals surface area (Å²) in [6.45, 7) is 5.05. The van der Waals surface area contributed by atoms with Gasteiger partial charge in [0.15, 0.2) is 0 Å². The van der Waals surface area contributed by atoms with Crippen LogP contribution in [0.3, 0.4) is 0 Å². The maximum absolute atomic E-state index is 13.1. The zero-order valence-corrected chi connectivity index (χ0v) is 19.5. The number of aliphatic hydroxyl groups excluding tert-OH is 1. The Kier molecular flexibility index (Phi) is 8.04. The first kappa shape index (κ1) is 23.4. The van der Waals surface area contributed by atoms with E-state index in [9.17, 15) is 9.90 Å². The van der Waals surface area contributed by atoms with E-state index in [-0.39, 0.29) is 12.5 Å². The van der Waals surface area contributed by atoms with Crippen molar-refractivity contribution in [1.82, 2.24) is 9.80 Å². The van der Waals surface area contributed by atoms with Crippen LogP contribution >= 0.6 is 0 Å². The highest BCUT2D eigenvalue weighted by molar-refractivity contribution is 5.94. The van der Waals surface area contributed by atoms with Crippen LogP contribution in [0.2, 0.25) is 0 Å². The minimum absolute atomic E-state index is 0.112. The molecule has 0 radical (unpaired) electrons. The van der Waals surface area contributed by atoms with Crippen molar-refractivity contribution >= 4 is 5.91 Å². The number of piperidine rings is 2. The molecule has 0 aliphatic carbocycles. The number of carbonyl (C=O) groups excluding carboxylic acids is 1. The average molecular weight is 447 g/mol. The van der Waals surface area contributed by atoms with Crippen molar-refractivity contribution in [3.05, 3.63) is 65.2 Å². The third-order valence-corrected chi connectivity index (χ3v) is 6.76.